The number of rotatable bonds is 1. The predicted molar refractivity (Wildman–Crippen MR) is 55.1 cm³/mol. The molecule has 0 aliphatic rings. The van der Waals surface area contributed by atoms with E-state index in [-0.39, 0.29) is 5.69 Å². The van der Waals surface area contributed by atoms with Crippen LogP contribution in [0.3, 0.4) is 0 Å². The van der Waals surface area contributed by atoms with Crippen molar-refractivity contribution in [2.75, 3.05) is 12.1 Å². The first kappa shape index (κ1) is 12.9. The summed E-state index contributed by atoms with van der Waals surface area (Å²) in [5.74, 6) is -2.39. The van der Waals surface area contributed by atoms with Crippen LogP contribution in [0.15, 0.2) is 18.2 Å². The van der Waals surface area contributed by atoms with Gasteiger partial charge < -0.3 is 4.74 Å². The number of carbonyl (C=O) groups is 2. The van der Waals surface area contributed by atoms with Gasteiger partial charge >= 0.3 is 6.09 Å². The van der Waals surface area contributed by atoms with E-state index < -0.39 is 23.6 Å². The second kappa shape index (κ2) is 5.24. The maximum atomic E-state index is 13.4. The lowest BCUT2D eigenvalue weighted by Gasteiger charge is -2.21. The maximum absolute atomic E-state index is 13.4. The third-order valence-electron chi connectivity index (χ3n) is 1.78. The Morgan fingerprint density at radius 2 is 2.00 bits per heavy atom. The van der Waals surface area contributed by atoms with E-state index in [2.05, 4.69) is 10.2 Å². The monoisotopic (exact) mass is 244 g/mol. The Bertz CT molecular complexity index is 451. The number of nitrogens with one attached hydrogen (secondary N) is 1. The van der Waals surface area contributed by atoms with Crippen molar-refractivity contribution in [3.8, 4) is 0 Å². The van der Waals surface area contributed by atoms with Gasteiger partial charge in [-0.1, -0.05) is 0 Å². The zero-order valence-electron chi connectivity index (χ0n) is 9.16. The standard InChI is InChI=1S/C10H10F2N2O3/c1-6(15)13-14(10(16)17-2)9-4-3-7(11)5-8(9)12/h3-5H,1-2H3,(H,13,15). The minimum atomic E-state index is -0.996. The molecule has 0 aliphatic heterocycles. The zero-order chi connectivity index (χ0) is 13.0. The molecule has 0 bridgehead atoms. The topological polar surface area (TPSA) is 58.6 Å². The molecule has 1 rings (SSSR count). The Kier molecular flexibility index (Phi) is 3.97. The number of ether oxygens (including phenoxy) is 1. The normalized spacial score (nSPS) is 9.65. The Hall–Kier alpha value is -2.18. The summed E-state index contributed by atoms with van der Waals surface area (Å²) in [4.78, 5) is 22.2. The third kappa shape index (κ3) is 3.13. The molecule has 0 aromatic heterocycles. The molecule has 1 N–H and O–H groups in total. The van der Waals surface area contributed by atoms with Crippen molar-refractivity contribution >= 4 is 17.7 Å². The second-order valence-electron chi connectivity index (χ2n) is 3.07. The second-order valence-corrected chi connectivity index (χ2v) is 3.07. The molecule has 0 fully saturated rings. The minimum absolute atomic E-state index is 0.312. The summed E-state index contributed by atoms with van der Waals surface area (Å²) in [6.45, 7) is 1.14. The first-order valence-corrected chi connectivity index (χ1v) is 4.56. The number of anilines is 1. The van der Waals surface area contributed by atoms with Gasteiger partial charge in [-0.3, -0.25) is 10.2 Å². The van der Waals surface area contributed by atoms with Crippen LogP contribution in [0.2, 0.25) is 0 Å². The summed E-state index contributed by atoms with van der Waals surface area (Å²) in [5.41, 5.74) is 1.75. The molecule has 92 valence electrons. The molecule has 0 radical (unpaired) electrons. The van der Waals surface area contributed by atoms with E-state index in [1.165, 1.54) is 0 Å². The summed E-state index contributed by atoms with van der Waals surface area (Å²) in [7, 11) is 1.07. The number of hydrazine groups is 1. The SMILES string of the molecule is COC(=O)N(NC(C)=O)c1ccc(F)cc1F. The van der Waals surface area contributed by atoms with Crippen LogP contribution in [0, 0.1) is 11.6 Å². The lowest BCUT2D eigenvalue weighted by Crippen LogP contribution is -2.46. The lowest BCUT2D eigenvalue weighted by molar-refractivity contribution is -0.119. The smallest absolute Gasteiger partial charge is 0.433 e. The number of benzene rings is 1. The van der Waals surface area contributed by atoms with Gasteiger partial charge in [0.15, 0.2) is 5.82 Å². The highest BCUT2D eigenvalue weighted by atomic mass is 19.1. The van der Waals surface area contributed by atoms with E-state index in [9.17, 15) is 18.4 Å². The molecule has 0 saturated carbocycles. The highest BCUT2D eigenvalue weighted by Crippen LogP contribution is 2.19. The predicted octanol–water partition coefficient (Wildman–Crippen LogP) is 1.59. The molecule has 7 heteroatoms. The van der Waals surface area contributed by atoms with E-state index in [1.807, 2.05) is 0 Å². The third-order valence-corrected chi connectivity index (χ3v) is 1.78. The highest BCUT2D eigenvalue weighted by Gasteiger charge is 2.21. The summed E-state index contributed by atoms with van der Waals surface area (Å²) >= 11 is 0. The Morgan fingerprint density at radius 3 is 2.47 bits per heavy atom. The van der Waals surface area contributed by atoms with Gasteiger partial charge in [-0.25, -0.2) is 13.6 Å². The summed E-state index contributed by atoms with van der Waals surface area (Å²) in [5, 5.41) is 0.553. The lowest BCUT2D eigenvalue weighted by atomic mass is 10.3. The van der Waals surface area contributed by atoms with Crippen LogP contribution < -0.4 is 10.4 Å². The van der Waals surface area contributed by atoms with Crippen molar-refractivity contribution in [3.05, 3.63) is 29.8 Å². The molecule has 0 heterocycles. The van der Waals surface area contributed by atoms with Gasteiger partial charge in [-0.15, -0.1) is 0 Å². The van der Waals surface area contributed by atoms with Crippen LogP contribution in [0.4, 0.5) is 19.3 Å². The van der Waals surface area contributed by atoms with E-state index in [4.69, 9.17) is 0 Å². The van der Waals surface area contributed by atoms with Crippen LogP contribution in [-0.2, 0) is 9.53 Å². The quantitative estimate of drug-likeness (QED) is 0.763. The molecule has 2 amide bonds. The molecule has 0 atom stereocenters. The van der Waals surface area contributed by atoms with Crippen molar-refractivity contribution in [3.63, 3.8) is 0 Å². The fraction of sp³-hybridized carbons (Fsp3) is 0.200. The Morgan fingerprint density at radius 1 is 1.35 bits per heavy atom. The number of hydrogen-bond acceptors (Lipinski definition) is 3. The van der Waals surface area contributed by atoms with Gasteiger partial charge in [-0.2, -0.15) is 5.01 Å². The fourth-order valence-electron chi connectivity index (χ4n) is 1.12. The van der Waals surface area contributed by atoms with Crippen molar-refractivity contribution < 1.29 is 23.1 Å². The van der Waals surface area contributed by atoms with Gasteiger partial charge in [0.05, 0.1) is 7.11 Å². The average Bonchev–Trinajstić information content (AvgIpc) is 2.25. The Balaban J connectivity index is 3.12. The van der Waals surface area contributed by atoms with Crippen molar-refractivity contribution in [1.82, 2.24) is 5.43 Å². The molecular weight excluding hydrogens is 234 g/mol. The Labute approximate surface area is 95.9 Å². The maximum Gasteiger partial charge on any atom is 0.433 e. The number of hydrogen-bond donors (Lipinski definition) is 1. The number of carbonyl (C=O) groups excluding carboxylic acids is 2. The first-order chi connectivity index (χ1) is 7.95. The average molecular weight is 244 g/mol. The van der Waals surface area contributed by atoms with Crippen LogP contribution in [-0.4, -0.2) is 19.1 Å². The van der Waals surface area contributed by atoms with Crippen molar-refractivity contribution in [2.24, 2.45) is 0 Å². The van der Waals surface area contributed by atoms with E-state index in [0.29, 0.717) is 11.1 Å². The molecule has 0 aliphatic carbocycles. The summed E-state index contributed by atoms with van der Waals surface area (Å²) < 4.78 is 30.5. The van der Waals surface area contributed by atoms with Crippen LogP contribution in [0.1, 0.15) is 6.92 Å². The van der Waals surface area contributed by atoms with Gasteiger partial charge in [0.1, 0.15) is 11.5 Å². The summed E-state index contributed by atoms with van der Waals surface area (Å²) in [6.07, 6.45) is -0.995. The van der Waals surface area contributed by atoms with Gasteiger partial charge in [0, 0.05) is 13.0 Å². The van der Waals surface area contributed by atoms with Crippen LogP contribution in [0.5, 0.6) is 0 Å². The number of nitrogens with zero attached hydrogens (tertiary/aromatic N) is 1. The molecule has 5 nitrogen and oxygen atoms in total. The van der Waals surface area contributed by atoms with Gasteiger partial charge in [0.25, 0.3) is 0 Å². The zero-order valence-corrected chi connectivity index (χ0v) is 9.16. The first-order valence-electron chi connectivity index (χ1n) is 4.56. The number of halogens is 2. The largest absolute Gasteiger partial charge is 0.451 e. The minimum Gasteiger partial charge on any atom is -0.451 e. The van der Waals surface area contributed by atoms with E-state index in [0.717, 1.165) is 26.2 Å². The van der Waals surface area contributed by atoms with Crippen LogP contribution >= 0.6 is 0 Å². The molecule has 0 saturated heterocycles. The fourth-order valence-corrected chi connectivity index (χ4v) is 1.12. The molecule has 0 unspecified atom stereocenters. The van der Waals surface area contributed by atoms with Crippen LogP contribution in [0.25, 0.3) is 0 Å². The highest BCUT2D eigenvalue weighted by molar-refractivity contribution is 5.91. The van der Waals surface area contributed by atoms with Crippen molar-refractivity contribution in [1.29, 1.82) is 0 Å². The summed E-state index contributed by atoms with van der Waals surface area (Å²) in [6, 6.07) is 2.56. The van der Waals surface area contributed by atoms with E-state index >= 15 is 0 Å². The molecule has 1 aromatic rings. The molecule has 17 heavy (non-hydrogen) atoms. The van der Waals surface area contributed by atoms with E-state index in [1.54, 1.807) is 0 Å². The number of methoxy groups -OCH3 is 1. The van der Waals surface area contributed by atoms with Crippen molar-refractivity contribution in [2.45, 2.75) is 6.92 Å². The number of amides is 2. The molecule has 0 spiro atoms. The van der Waals surface area contributed by atoms with Gasteiger partial charge in [0.2, 0.25) is 5.91 Å². The molecule has 1 aromatic carbocycles. The molecular formula is C10H10F2N2O3. The van der Waals surface area contributed by atoms with Gasteiger partial charge in [-0.05, 0) is 12.1 Å².